The smallest absolute Gasteiger partial charge is 0.277 e. The van der Waals surface area contributed by atoms with E-state index in [1.54, 1.807) is 0 Å². The second kappa shape index (κ2) is 9.69. The van der Waals surface area contributed by atoms with Gasteiger partial charge in [0.1, 0.15) is 17.6 Å². The molecule has 0 fully saturated rings. The van der Waals surface area contributed by atoms with Gasteiger partial charge in [-0.1, -0.05) is 74.0 Å². The summed E-state index contributed by atoms with van der Waals surface area (Å²) in [4.78, 5) is 12.5. The zero-order chi connectivity index (χ0) is 22.5. The Labute approximate surface area is 189 Å². The summed E-state index contributed by atoms with van der Waals surface area (Å²) in [5.74, 6) is 1.50. The highest BCUT2D eigenvalue weighted by atomic mass is 16.5. The second-order valence-electron chi connectivity index (χ2n) is 8.30. The van der Waals surface area contributed by atoms with Crippen LogP contribution in [0.5, 0.6) is 11.5 Å². The van der Waals surface area contributed by atoms with Crippen LogP contribution in [0.3, 0.4) is 0 Å². The third kappa shape index (κ3) is 4.99. The Morgan fingerprint density at radius 1 is 1.09 bits per heavy atom. The van der Waals surface area contributed by atoms with Gasteiger partial charge in [0.05, 0.1) is 5.71 Å². The maximum atomic E-state index is 12.5. The number of hydrogen-bond donors (Lipinski definition) is 1. The van der Waals surface area contributed by atoms with Crippen LogP contribution in [0.25, 0.3) is 0 Å². The molecule has 1 N–H and O–H groups in total. The molecule has 0 saturated carbocycles. The third-order valence-corrected chi connectivity index (χ3v) is 5.48. The van der Waals surface area contributed by atoms with E-state index in [0.717, 1.165) is 33.9 Å². The van der Waals surface area contributed by atoms with E-state index in [0.29, 0.717) is 12.3 Å². The molecule has 5 nitrogen and oxygen atoms in total. The van der Waals surface area contributed by atoms with Gasteiger partial charge in [-0.05, 0) is 42.2 Å². The van der Waals surface area contributed by atoms with Crippen molar-refractivity contribution in [2.75, 3.05) is 6.61 Å². The first-order chi connectivity index (χ1) is 15.5. The molecule has 3 aromatic rings. The summed E-state index contributed by atoms with van der Waals surface area (Å²) in [6.45, 7) is 6.17. The molecule has 0 aromatic heterocycles. The van der Waals surface area contributed by atoms with Crippen LogP contribution in [0, 0.1) is 6.92 Å². The highest BCUT2D eigenvalue weighted by Gasteiger charge is 2.26. The molecule has 32 heavy (non-hydrogen) atoms. The molecule has 3 aromatic carbocycles. The molecule has 0 radical (unpaired) electrons. The lowest BCUT2D eigenvalue weighted by Crippen LogP contribution is -2.28. The first-order valence-electron chi connectivity index (χ1n) is 10.9. The summed E-state index contributed by atoms with van der Waals surface area (Å²) < 4.78 is 12.0. The van der Waals surface area contributed by atoms with Crippen LogP contribution in [-0.4, -0.2) is 18.2 Å². The number of nitrogens with zero attached hydrogens (tertiary/aromatic N) is 1. The van der Waals surface area contributed by atoms with E-state index in [-0.39, 0.29) is 18.6 Å². The number of carbonyl (C=O) groups is 1. The molecule has 1 aliphatic heterocycles. The van der Waals surface area contributed by atoms with Gasteiger partial charge in [0.15, 0.2) is 6.61 Å². The monoisotopic (exact) mass is 428 g/mol. The van der Waals surface area contributed by atoms with Crippen LogP contribution in [0.15, 0.2) is 77.9 Å². The van der Waals surface area contributed by atoms with Gasteiger partial charge >= 0.3 is 0 Å². The fraction of sp³-hybridized carbons (Fsp3) is 0.259. The number of benzene rings is 3. The van der Waals surface area contributed by atoms with Crippen molar-refractivity contribution in [3.8, 4) is 11.5 Å². The van der Waals surface area contributed by atoms with Crippen LogP contribution in [0.4, 0.5) is 0 Å². The minimum Gasteiger partial charge on any atom is -0.485 e. The number of carbonyl (C=O) groups excluding carboxylic acids is 1. The summed E-state index contributed by atoms with van der Waals surface area (Å²) in [5.41, 5.74) is 7.67. The number of hydrogen-bond acceptors (Lipinski definition) is 4. The Morgan fingerprint density at radius 2 is 1.84 bits per heavy atom. The molecule has 0 unspecified atom stereocenters. The molecule has 1 amide bonds. The Morgan fingerprint density at radius 3 is 2.62 bits per heavy atom. The zero-order valence-electron chi connectivity index (χ0n) is 18.7. The van der Waals surface area contributed by atoms with Crippen LogP contribution >= 0.6 is 0 Å². The number of amides is 1. The molecule has 5 heteroatoms. The van der Waals surface area contributed by atoms with E-state index in [4.69, 9.17) is 9.47 Å². The maximum Gasteiger partial charge on any atom is 0.277 e. The molecule has 0 saturated heterocycles. The number of nitrogens with one attached hydrogen (secondary N) is 1. The number of hydrazone groups is 1. The lowest BCUT2D eigenvalue weighted by Gasteiger charge is -2.27. The van der Waals surface area contributed by atoms with Crippen LogP contribution in [-0.2, 0) is 4.79 Å². The van der Waals surface area contributed by atoms with Crippen LogP contribution in [0.2, 0.25) is 0 Å². The van der Waals surface area contributed by atoms with E-state index < -0.39 is 0 Å². The topological polar surface area (TPSA) is 59.9 Å². The highest BCUT2D eigenvalue weighted by Crippen LogP contribution is 2.35. The summed E-state index contributed by atoms with van der Waals surface area (Å²) in [6, 6.07) is 23.8. The molecule has 0 spiro atoms. The maximum absolute atomic E-state index is 12.5. The van der Waals surface area contributed by atoms with Crippen molar-refractivity contribution >= 4 is 11.6 Å². The minimum absolute atomic E-state index is 0.0974. The lowest BCUT2D eigenvalue weighted by molar-refractivity contribution is -0.123. The molecule has 0 bridgehead atoms. The summed E-state index contributed by atoms with van der Waals surface area (Å²) in [7, 11) is 0. The number of ether oxygens (including phenoxy) is 2. The van der Waals surface area contributed by atoms with E-state index >= 15 is 0 Å². The fourth-order valence-corrected chi connectivity index (χ4v) is 3.80. The van der Waals surface area contributed by atoms with Gasteiger partial charge in [0.25, 0.3) is 5.91 Å². The van der Waals surface area contributed by atoms with E-state index in [9.17, 15) is 4.79 Å². The minimum atomic E-state index is -0.298. The van der Waals surface area contributed by atoms with Gasteiger partial charge in [-0.15, -0.1) is 0 Å². The molecular formula is C27H28N2O3. The van der Waals surface area contributed by atoms with Gasteiger partial charge in [-0.25, -0.2) is 5.43 Å². The quantitative estimate of drug-likeness (QED) is 0.524. The fourth-order valence-electron chi connectivity index (χ4n) is 3.80. The van der Waals surface area contributed by atoms with Crippen molar-refractivity contribution in [2.24, 2.45) is 5.10 Å². The highest BCUT2D eigenvalue weighted by molar-refractivity contribution is 6.04. The van der Waals surface area contributed by atoms with E-state index in [2.05, 4.69) is 30.4 Å². The van der Waals surface area contributed by atoms with Crippen molar-refractivity contribution in [2.45, 2.75) is 39.2 Å². The zero-order valence-corrected chi connectivity index (χ0v) is 18.7. The van der Waals surface area contributed by atoms with Crippen molar-refractivity contribution in [3.63, 3.8) is 0 Å². The largest absolute Gasteiger partial charge is 0.485 e. The van der Waals surface area contributed by atoms with Crippen molar-refractivity contribution in [1.82, 2.24) is 5.43 Å². The Kier molecular flexibility index (Phi) is 6.55. The third-order valence-electron chi connectivity index (χ3n) is 5.48. The molecule has 1 heterocycles. The van der Waals surface area contributed by atoms with Crippen molar-refractivity contribution in [1.29, 1.82) is 0 Å². The molecule has 0 aliphatic carbocycles. The van der Waals surface area contributed by atoms with Gasteiger partial charge in [-0.2, -0.15) is 5.10 Å². The van der Waals surface area contributed by atoms with E-state index in [1.165, 1.54) is 5.56 Å². The lowest BCUT2D eigenvalue weighted by atomic mass is 9.96. The standard InChI is InChI=1S/C27H28N2O3/c1-18(2)22-15-19(3)13-14-24(22)31-17-27(30)29-28-23-16-26(20-9-5-4-6-10-20)32-25-12-8-7-11-21(23)25/h4-15,18,26H,16-17H2,1-3H3,(H,29,30)/b28-23+/t26-/m0/s1. The summed E-state index contributed by atoms with van der Waals surface area (Å²) in [5, 5.41) is 4.44. The summed E-state index contributed by atoms with van der Waals surface area (Å²) in [6.07, 6.45) is 0.414. The number of aryl methyl sites for hydroxylation is 1. The number of para-hydroxylation sites is 1. The Hall–Kier alpha value is -3.60. The molecule has 1 atom stereocenters. The predicted molar refractivity (Wildman–Crippen MR) is 126 cm³/mol. The van der Waals surface area contributed by atoms with Crippen molar-refractivity contribution in [3.05, 3.63) is 95.1 Å². The SMILES string of the molecule is Cc1ccc(OCC(=O)N/N=C2\C[C@@H](c3ccccc3)Oc3ccccc32)c(C(C)C)c1. The first kappa shape index (κ1) is 21.6. The summed E-state index contributed by atoms with van der Waals surface area (Å²) >= 11 is 0. The molecular weight excluding hydrogens is 400 g/mol. The molecule has 1 aliphatic rings. The Bertz CT molecular complexity index is 1120. The molecule has 164 valence electrons. The van der Waals surface area contributed by atoms with Crippen molar-refractivity contribution < 1.29 is 14.3 Å². The van der Waals surface area contributed by atoms with Gasteiger partial charge in [-0.3, -0.25) is 4.79 Å². The van der Waals surface area contributed by atoms with Crippen LogP contribution < -0.4 is 14.9 Å². The second-order valence-corrected chi connectivity index (χ2v) is 8.30. The average molecular weight is 429 g/mol. The number of fused-ring (bicyclic) bond motifs is 1. The van der Waals surface area contributed by atoms with Gasteiger partial charge < -0.3 is 9.47 Å². The average Bonchev–Trinajstić information content (AvgIpc) is 2.82. The van der Waals surface area contributed by atoms with Gasteiger partial charge in [0, 0.05) is 12.0 Å². The molecule has 4 rings (SSSR count). The normalized spacial score (nSPS) is 16.4. The Balaban J connectivity index is 1.47. The number of rotatable bonds is 6. The first-order valence-corrected chi connectivity index (χ1v) is 10.9. The van der Waals surface area contributed by atoms with Crippen LogP contribution in [0.1, 0.15) is 54.5 Å². The van der Waals surface area contributed by atoms with E-state index in [1.807, 2.05) is 73.7 Å². The van der Waals surface area contributed by atoms with Gasteiger partial charge in [0.2, 0.25) is 0 Å². The predicted octanol–water partition coefficient (Wildman–Crippen LogP) is 5.54.